The van der Waals surface area contributed by atoms with E-state index >= 15 is 0 Å². The molecule has 2 rings (SSSR count). The number of rotatable bonds is 6. The Kier molecular flexibility index (Phi) is 5.50. The SMILES string of the molecule is CNCCCC(=O)NC1CCN(c2c(F)cccc2F)C1. The van der Waals surface area contributed by atoms with Crippen LogP contribution in [0.25, 0.3) is 0 Å². The molecule has 0 aromatic heterocycles. The summed E-state index contributed by atoms with van der Waals surface area (Å²) in [5.74, 6) is -1.13. The molecule has 21 heavy (non-hydrogen) atoms. The minimum Gasteiger partial charge on any atom is -0.365 e. The highest BCUT2D eigenvalue weighted by Crippen LogP contribution is 2.26. The lowest BCUT2D eigenvalue weighted by Crippen LogP contribution is -2.37. The Bertz CT molecular complexity index is 476. The molecule has 1 unspecified atom stereocenters. The van der Waals surface area contributed by atoms with Gasteiger partial charge in [0.1, 0.15) is 17.3 Å². The second-order valence-corrected chi connectivity index (χ2v) is 5.28. The standard InChI is InChI=1S/C15H21F2N3O/c1-18-8-3-6-14(21)19-11-7-9-20(10-11)15-12(16)4-2-5-13(15)17/h2,4-5,11,18H,3,6-10H2,1H3,(H,19,21). The first-order valence-corrected chi connectivity index (χ1v) is 7.24. The number of nitrogens with one attached hydrogen (secondary N) is 2. The topological polar surface area (TPSA) is 44.4 Å². The monoisotopic (exact) mass is 297 g/mol. The van der Waals surface area contributed by atoms with E-state index in [1.165, 1.54) is 18.2 Å². The van der Waals surface area contributed by atoms with Crippen LogP contribution in [0.5, 0.6) is 0 Å². The maximum Gasteiger partial charge on any atom is 0.220 e. The Morgan fingerprint density at radius 1 is 1.38 bits per heavy atom. The van der Waals surface area contributed by atoms with Gasteiger partial charge >= 0.3 is 0 Å². The molecule has 0 spiro atoms. The molecule has 0 aliphatic carbocycles. The van der Waals surface area contributed by atoms with Crippen molar-refractivity contribution in [1.82, 2.24) is 10.6 Å². The fourth-order valence-corrected chi connectivity index (χ4v) is 2.60. The number of hydrogen-bond donors (Lipinski definition) is 2. The van der Waals surface area contributed by atoms with Gasteiger partial charge in [0.15, 0.2) is 0 Å². The van der Waals surface area contributed by atoms with Crippen molar-refractivity contribution in [2.45, 2.75) is 25.3 Å². The lowest BCUT2D eigenvalue weighted by Gasteiger charge is -2.20. The van der Waals surface area contributed by atoms with Gasteiger partial charge in [0.2, 0.25) is 5.91 Å². The largest absolute Gasteiger partial charge is 0.365 e. The minimum atomic E-state index is -0.559. The quantitative estimate of drug-likeness (QED) is 0.785. The lowest BCUT2D eigenvalue weighted by atomic mass is 10.2. The van der Waals surface area contributed by atoms with E-state index in [9.17, 15) is 13.6 Å². The van der Waals surface area contributed by atoms with Crippen LogP contribution in [0.15, 0.2) is 18.2 Å². The first kappa shape index (κ1) is 15.7. The highest BCUT2D eigenvalue weighted by Gasteiger charge is 2.27. The number of benzene rings is 1. The van der Waals surface area contributed by atoms with Gasteiger partial charge < -0.3 is 15.5 Å². The number of carbonyl (C=O) groups is 1. The predicted molar refractivity (Wildman–Crippen MR) is 78.3 cm³/mol. The first-order chi connectivity index (χ1) is 10.1. The zero-order valence-corrected chi connectivity index (χ0v) is 12.2. The van der Waals surface area contributed by atoms with E-state index in [1.54, 1.807) is 4.90 Å². The second kappa shape index (κ2) is 7.36. The molecule has 1 saturated heterocycles. The van der Waals surface area contributed by atoms with Gasteiger partial charge in [-0.3, -0.25) is 4.79 Å². The molecule has 1 aliphatic rings. The molecule has 4 nitrogen and oxygen atoms in total. The Balaban J connectivity index is 1.87. The van der Waals surface area contributed by atoms with Crippen molar-refractivity contribution in [3.8, 4) is 0 Å². The highest BCUT2D eigenvalue weighted by atomic mass is 19.1. The third-order valence-electron chi connectivity index (χ3n) is 3.64. The van der Waals surface area contributed by atoms with Gasteiger partial charge in [0.25, 0.3) is 0 Å². The number of carbonyl (C=O) groups excluding carboxylic acids is 1. The van der Waals surface area contributed by atoms with E-state index in [1.807, 2.05) is 7.05 Å². The van der Waals surface area contributed by atoms with Crippen molar-refractivity contribution < 1.29 is 13.6 Å². The Hall–Kier alpha value is -1.69. The van der Waals surface area contributed by atoms with Crippen LogP contribution in [0, 0.1) is 11.6 Å². The summed E-state index contributed by atoms with van der Waals surface area (Å²) in [6.45, 7) is 1.78. The van der Waals surface area contributed by atoms with Crippen molar-refractivity contribution in [2.75, 3.05) is 31.6 Å². The molecule has 116 valence electrons. The molecule has 1 fully saturated rings. The summed E-state index contributed by atoms with van der Waals surface area (Å²) in [7, 11) is 1.84. The zero-order valence-electron chi connectivity index (χ0n) is 12.2. The molecule has 1 aliphatic heterocycles. The summed E-state index contributed by atoms with van der Waals surface area (Å²) in [5, 5.41) is 5.91. The molecule has 0 saturated carbocycles. The van der Waals surface area contributed by atoms with Crippen molar-refractivity contribution in [2.24, 2.45) is 0 Å². The fourth-order valence-electron chi connectivity index (χ4n) is 2.60. The lowest BCUT2D eigenvalue weighted by molar-refractivity contribution is -0.121. The number of amides is 1. The normalized spacial score (nSPS) is 18.0. The summed E-state index contributed by atoms with van der Waals surface area (Å²) in [4.78, 5) is 13.4. The molecule has 6 heteroatoms. The van der Waals surface area contributed by atoms with E-state index in [2.05, 4.69) is 10.6 Å². The van der Waals surface area contributed by atoms with Gasteiger partial charge in [-0.15, -0.1) is 0 Å². The molecule has 1 amide bonds. The van der Waals surface area contributed by atoms with Gasteiger partial charge in [-0.25, -0.2) is 8.78 Å². The van der Waals surface area contributed by atoms with Gasteiger partial charge in [-0.2, -0.15) is 0 Å². The highest BCUT2D eigenvalue weighted by molar-refractivity contribution is 5.76. The molecule has 1 aromatic rings. The number of para-hydroxylation sites is 1. The van der Waals surface area contributed by atoms with E-state index in [-0.39, 0.29) is 17.6 Å². The number of nitrogens with zero attached hydrogens (tertiary/aromatic N) is 1. The van der Waals surface area contributed by atoms with Crippen molar-refractivity contribution in [1.29, 1.82) is 0 Å². The van der Waals surface area contributed by atoms with Crippen LogP contribution in [0.4, 0.5) is 14.5 Å². The summed E-state index contributed by atoms with van der Waals surface area (Å²) in [6.07, 6.45) is 1.94. The fraction of sp³-hybridized carbons (Fsp3) is 0.533. The Morgan fingerprint density at radius 3 is 2.76 bits per heavy atom. The first-order valence-electron chi connectivity index (χ1n) is 7.24. The van der Waals surface area contributed by atoms with Crippen LogP contribution in [-0.2, 0) is 4.79 Å². The van der Waals surface area contributed by atoms with Crippen molar-refractivity contribution >= 4 is 11.6 Å². The second-order valence-electron chi connectivity index (χ2n) is 5.28. The van der Waals surface area contributed by atoms with Crippen LogP contribution < -0.4 is 15.5 Å². The summed E-state index contributed by atoms with van der Waals surface area (Å²) in [5.41, 5.74) is 0.00410. The van der Waals surface area contributed by atoms with Crippen molar-refractivity contribution in [3.63, 3.8) is 0 Å². The summed E-state index contributed by atoms with van der Waals surface area (Å²) < 4.78 is 27.4. The Labute approximate surface area is 123 Å². The number of anilines is 1. The van der Waals surface area contributed by atoms with Crippen LogP contribution in [-0.4, -0.2) is 38.6 Å². The predicted octanol–water partition coefficient (Wildman–Crippen LogP) is 1.66. The third-order valence-corrected chi connectivity index (χ3v) is 3.64. The molecule has 1 atom stereocenters. The average molecular weight is 297 g/mol. The third kappa shape index (κ3) is 4.14. The number of halogens is 2. The van der Waals surface area contributed by atoms with Crippen molar-refractivity contribution in [3.05, 3.63) is 29.8 Å². The van der Waals surface area contributed by atoms with Crippen LogP contribution >= 0.6 is 0 Å². The van der Waals surface area contributed by atoms with E-state index < -0.39 is 11.6 Å². The van der Waals surface area contributed by atoms with Gasteiger partial charge in [0.05, 0.1) is 0 Å². The molecule has 0 radical (unpaired) electrons. The van der Waals surface area contributed by atoms with Crippen LogP contribution in [0.1, 0.15) is 19.3 Å². The van der Waals surface area contributed by atoms with Gasteiger partial charge in [0, 0.05) is 25.6 Å². The van der Waals surface area contributed by atoms with Crippen LogP contribution in [0.2, 0.25) is 0 Å². The molecule has 1 aromatic carbocycles. The maximum absolute atomic E-state index is 13.7. The zero-order chi connectivity index (χ0) is 15.2. The van der Waals surface area contributed by atoms with Gasteiger partial charge in [-0.1, -0.05) is 6.07 Å². The van der Waals surface area contributed by atoms with Crippen LogP contribution in [0.3, 0.4) is 0 Å². The van der Waals surface area contributed by atoms with E-state index in [0.717, 1.165) is 13.0 Å². The minimum absolute atomic E-state index is 0.00410. The molecular weight excluding hydrogens is 276 g/mol. The molecule has 1 heterocycles. The smallest absolute Gasteiger partial charge is 0.220 e. The number of hydrogen-bond acceptors (Lipinski definition) is 3. The summed E-state index contributed by atoms with van der Waals surface area (Å²) in [6, 6.07) is 3.81. The molecule has 2 N–H and O–H groups in total. The van der Waals surface area contributed by atoms with E-state index in [0.29, 0.717) is 25.9 Å². The molecule has 0 bridgehead atoms. The molecular formula is C15H21F2N3O. The van der Waals surface area contributed by atoms with Gasteiger partial charge in [-0.05, 0) is 38.6 Å². The average Bonchev–Trinajstić information content (AvgIpc) is 2.87. The van der Waals surface area contributed by atoms with E-state index in [4.69, 9.17) is 0 Å². The Morgan fingerprint density at radius 2 is 2.10 bits per heavy atom. The summed E-state index contributed by atoms with van der Waals surface area (Å²) >= 11 is 0. The maximum atomic E-state index is 13.7.